The first kappa shape index (κ1) is 20.9. The van der Waals surface area contributed by atoms with Crippen LogP contribution in [0.1, 0.15) is 59.0 Å². The number of piperidine rings is 1. The molecule has 2 aliphatic carbocycles. The van der Waals surface area contributed by atoms with Crippen molar-refractivity contribution in [1.29, 1.82) is 0 Å². The van der Waals surface area contributed by atoms with Crippen molar-refractivity contribution < 1.29 is 4.79 Å². The summed E-state index contributed by atoms with van der Waals surface area (Å²) < 4.78 is 0. The maximum Gasteiger partial charge on any atom is 0.226 e. The van der Waals surface area contributed by atoms with Crippen molar-refractivity contribution in [1.82, 2.24) is 9.88 Å². The maximum absolute atomic E-state index is 12.3. The molecule has 1 saturated heterocycles. The molecule has 1 aromatic heterocycles. The summed E-state index contributed by atoms with van der Waals surface area (Å²) in [6.07, 6.45) is 4.78. The van der Waals surface area contributed by atoms with Crippen LogP contribution in [0.15, 0.2) is 66.9 Å². The van der Waals surface area contributed by atoms with E-state index in [0.29, 0.717) is 5.92 Å². The minimum Gasteiger partial charge on any atom is -0.369 e. The van der Waals surface area contributed by atoms with Crippen molar-refractivity contribution in [2.45, 2.75) is 36.5 Å². The molecule has 6 rings (SSSR count). The number of amides is 1. The van der Waals surface area contributed by atoms with Crippen LogP contribution in [-0.2, 0) is 10.2 Å². The Labute approximate surface area is 199 Å². The zero-order valence-corrected chi connectivity index (χ0v) is 19.3. The van der Waals surface area contributed by atoms with Gasteiger partial charge in [-0.15, -0.1) is 0 Å². The Morgan fingerprint density at radius 2 is 1.82 bits per heavy atom. The predicted octanol–water partition coefficient (Wildman–Crippen LogP) is 4.85. The third-order valence-electron chi connectivity index (χ3n) is 8.22. The van der Waals surface area contributed by atoms with Gasteiger partial charge in [0.2, 0.25) is 5.91 Å². The molecule has 2 aromatic carbocycles. The molecule has 0 saturated carbocycles. The fourth-order valence-corrected chi connectivity index (χ4v) is 7.00. The number of rotatable bonds is 5. The lowest BCUT2D eigenvalue weighted by molar-refractivity contribution is -0.121. The average Bonchev–Trinajstić information content (AvgIpc) is 3.32. The number of hydrogen-bond acceptors (Lipinski definition) is 3. The van der Waals surface area contributed by atoms with Gasteiger partial charge >= 0.3 is 0 Å². The number of aromatic nitrogens is 1. The zero-order valence-electron chi connectivity index (χ0n) is 18.6. The molecule has 0 spiro atoms. The van der Waals surface area contributed by atoms with Crippen molar-refractivity contribution >= 4 is 17.5 Å². The van der Waals surface area contributed by atoms with Gasteiger partial charge in [-0.05, 0) is 84.8 Å². The number of benzene rings is 2. The van der Waals surface area contributed by atoms with Crippen LogP contribution in [0, 0.1) is 5.92 Å². The van der Waals surface area contributed by atoms with Gasteiger partial charge in [-0.1, -0.05) is 48.0 Å². The summed E-state index contributed by atoms with van der Waals surface area (Å²) in [5, 5.41) is 0.816. The Balaban J connectivity index is 1.26. The van der Waals surface area contributed by atoms with Crippen LogP contribution in [0.2, 0.25) is 5.02 Å². The Kier molecular flexibility index (Phi) is 5.04. The molecule has 3 aliphatic rings. The maximum atomic E-state index is 12.3. The topological polar surface area (TPSA) is 59.2 Å². The molecule has 1 amide bonds. The second kappa shape index (κ2) is 7.96. The van der Waals surface area contributed by atoms with Gasteiger partial charge in [0.25, 0.3) is 0 Å². The third kappa shape index (κ3) is 3.31. The highest BCUT2D eigenvalue weighted by Crippen LogP contribution is 2.60. The van der Waals surface area contributed by atoms with E-state index in [-0.39, 0.29) is 23.2 Å². The molecule has 0 radical (unpaired) electrons. The van der Waals surface area contributed by atoms with Crippen molar-refractivity contribution in [2.24, 2.45) is 11.7 Å². The molecule has 1 aliphatic heterocycles. The Hall–Kier alpha value is -2.69. The lowest BCUT2D eigenvalue weighted by atomic mass is 9.74. The van der Waals surface area contributed by atoms with Crippen LogP contribution in [-0.4, -0.2) is 35.4 Å². The van der Waals surface area contributed by atoms with Crippen molar-refractivity contribution in [3.05, 3.63) is 99.8 Å². The summed E-state index contributed by atoms with van der Waals surface area (Å²) in [5.41, 5.74) is 12.4. The number of carbonyl (C=O) groups is 1. The number of carbonyl (C=O) groups excluding carboxylic acids is 1. The van der Waals surface area contributed by atoms with Gasteiger partial charge in [-0.3, -0.25) is 9.78 Å². The number of pyridine rings is 1. The highest BCUT2D eigenvalue weighted by molar-refractivity contribution is 6.30. The molecule has 5 heteroatoms. The van der Waals surface area contributed by atoms with Gasteiger partial charge in [-0.25, -0.2) is 0 Å². The van der Waals surface area contributed by atoms with Crippen LogP contribution in [0.25, 0.3) is 0 Å². The Morgan fingerprint density at radius 3 is 2.58 bits per heavy atom. The minimum atomic E-state index is -0.311. The van der Waals surface area contributed by atoms with E-state index in [1.54, 1.807) is 6.20 Å². The molecule has 3 aromatic rings. The molecule has 3 unspecified atom stereocenters. The van der Waals surface area contributed by atoms with E-state index < -0.39 is 0 Å². The summed E-state index contributed by atoms with van der Waals surface area (Å²) in [7, 11) is 0. The molecule has 168 valence electrons. The monoisotopic (exact) mass is 457 g/mol. The van der Waals surface area contributed by atoms with Gasteiger partial charge in [0.1, 0.15) is 0 Å². The van der Waals surface area contributed by atoms with E-state index in [1.165, 1.54) is 22.3 Å². The van der Waals surface area contributed by atoms with Crippen molar-refractivity contribution in [3.8, 4) is 0 Å². The number of nitrogens with zero attached hydrogens (tertiary/aromatic N) is 2. The SMILES string of the molecule is NC(=O)C(c1ccccn1)C1CCN(CC23CC(c4ccccc42)c2ccc(Cl)cc23)CC1. The first-order chi connectivity index (χ1) is 16.1. The standard InChI is InChI=1S/C28H28ClN3O/c29-19-8-9-21-22-16-28(24(21)15-19,23-6-2-1-5-20(22)23)17-32-13-10-18(11-14-32)26(27(30)33)25-7-3-4-12-31-25/h1-9,12,15,18,22,26H,10-11,13-14,16-17H2,(H2,30,33). The van der Waals surface area contributed by atoms with Crippen LogP contribution in [0.3, 0.4) is 0 Å². The molecule has 3 atom stereocenters. The highest BCUT2D eigenvalue weighted by Gasteiger charge is 2.53. The number of hydrogen-bond donors (Lipinski definition) is 1. The van der Waals surface area contributed by atoms with E-state index in [1.807, 2.05) is 24.3 Å². The number of nitrogens with two attached hydrogens (primary N) is 1. The smallest absolute Gasteiger partial charge is 0.226 e. The third-order valence-corrected chi connectivity index (χ3v) is 8.46. The van der Waals surface area contributed by atoms with Crippen LogP contribution in [0.4, 0.5) is 0 Å². The minimum absolute atomic E-state index is 0.00158. The van der Waals surface area contributed by atoms with Gasteiger partial charge in [0.05, 0.1) is 11.6 Å². The Morgan fingerprint density at radius 1 is 1.06 bits per heavy atom. The number of fused-ring (bicyclic) bond motifs is 8. The molecular formula is C28H28ClN3O. The van der Waals surface area contributed by atoms with E-state index in [0.717, 1.165) is 49.6 Å². The van der Waals surface area contributed by atoms with E-state index >= 15 is 0 Å². The van der Waals surface area contributed by atoms with Crippen LogP contribution < -0.4 is 5.73 Å². The molecular weight excluding hydrogens is 430 g/mol. The fourth-order valence-electron chi connectivity index (χ4n) is 6.82. The number of likely N-dealkylation sites (tertiary alicyclic amines) is 1. The lowest BCUT2D eigenvalue weighted by Gasteiger charge is -2.41. The molecule has 4 nitrogen and oxygen atoms in total. The summed E-state index contributed by atoms with van der Waals surface area (Å²) in [4.78, 5) is 19.3. The van der Waals surface area contributed by atoms with Gasteiger partial charge in [0, 0.05) is 29.1 Å². The van der Waals surface area contributed by atoms with E-state index in [2.05, 4.69) is 46.3 Å². The summed E-state index contributed by atoms with van der Waals surface area (Å²) in [6.45, 7) is 2.92. The fraction of sp³-hybridized carbons (Fsp3) is 0.357. The second-order valence-corrected chi connectivity index (χ2v) is 10.3. The molecule has 2 bridgehead atoms. The van der Waals surface area contributed by atoms with Gasteiger partial charge in [0.15, 0.2) is 0 Å². The largest absolute Gasteiger partial charge is 0.369 e. The average molecular weight is 458 g/mol. The van der Waals surface area contributed by atoms with Crippen LogP contribution >= 0.6 is 11.6 Å². The van der Waals surface area contributed by atoms with Crippen molar-refractivity contribution in [3.63, 3.8) is 0 Å². The van der Waals surface area contributed by atoms with Gasteiger partial charge < -0.3 is 10.6 Å². The summed E-state index contributed by atoms with van der Waals surface area (Å²) in [6, 6.07) is 21.1. The molecule has 1 fully saturated rings. The summed E-state index contributed by atoms with van der Waals surface area (Å²) in [5.74, 6) is 0.126. The zero-order chi connectivity index (χ0) is 22.6. The molecule has 2 N–H and O–H groups in total. The normalized spacial score (nSPS) is 24.9. The van der Waals surface area contributed by atoms with E-state index in [4.69, 9.17) is 17.3 Å². The quantitative estimate of drug-likeness (QED) is 0.595. The highest BCUT2D eigenvalue weighted by atomic mass is 35.5. The number of halogens is 1. The van der Waals surface area contributed by atoms with Gasteiger partial charge in [-0.2, -0.15) is 0 Å². The molecule has 33 heavy (non-hydrogen) atoms. The van der Waals surface area contributed by atoms with Crippen LogP contribution in [0.5, 0.6) is 0 Å². The molecule has 2 heterocycles. The van der Waals surface area contributed by atoms with E-state index in [9.17, 15) is 4.79 Å². The Bertz CT molecular complexity index is 1200. The first-order valence-corrected chi connectivity index (χ1v) is 12.3. The summed E-state index contributed by atoms with van der Waals surface area (Å²) >= 11 is 6.47. The lowest BCUT2D eigenvalue weighted by Crippen LogP contribution is -2.45. The first-order valence-electron chi connectivity index (χ1n) is 11.9. The predicted molar refractivity (Wildman–Crippen MR) is 130 cm³/mol. The number of primary amides is 1. The van der Waals surface area contributed by atoms with Crippen molar-refractivity contribution in [2.75, 3.05) is 19.6 Å². The second-order valence-electron chi connectivity index (χ2n) is 9.91.